The van der Waals surface area contributed by atoms with E-state index < -0.39 is 6.04 Å². The molecule has 3 N–H and O–H groups in total. The summed E-state index contributed by atoms with van der Waals surface area (Å²) in [6.45, 7) is 2.70. The van der Waals surface area contributed by atoms with Crippen LogP contribution >= 0.6 is 0 Å². The molecule has 1 fully saturated rings. The van der Waals surface area contributed by atoms with Crippen molar-refractivity contribution in [3.05, 3.63) is 35.9 Å². The second-order valence-electron chi connectivity index (χ2n) is 5.03. The van der Waals surface area contributed by atoms with Gasteiger partial charge < -0.3 is 11.1 Å². The molecule has 0 aliphatic carbocycles. The minimum Gasteiger partial charge on any atom is -0.350 e. The van der Waals surface area contributed by atoms with E-state index in [4.69, 9.17) is 5.73 Å². The highest BCUT2D eigenvalue weighted by Gasteiger charge is 2.34. The molecule has 1 aromatic carbocycles. The van der Waals surface area contributed by atoms with Gasteiger partial charge in [-0.3, -0.25) is 9.69 Å². The maximum absolute atomic E-state index is 11.7. The molecular weight excluding hydrogens is 226 g/mol. The average Bonchev–Trinajstić information content (AvgIpc) is 2.71. The van der Waals surface area contributed by atoms with E-state index in [1.807, 2.05) is 18.2 Å². The zero-order chi connectivity index (χ0) is 13.1. The lowest BCUT2D eigenvalue weighted by atomic mass is 10.00. The van der Waals surface area contributed by atoms with Gasteiger partial charge in [0, 0.05) is 12.6 Å². The Bertz CT molecular complexity index is 405. The molecule has 3 atom stereocenters. The van der Waals surface area contributed by atoms with E-state index in [2.05, 4.69) is 29.4 Å². The first-order valence-electron chi connectivity index (χ1n) is 6.40. The Morgan fingerprint density at radius 2 is 2.11 bits per heavy atom. The van der Waals surface area contributed by atoms with E-state index in [9.17, 15) is 4.79 Å². The van der Waals surface area contributed by atoms with Crippen LogP contribution in [0.3, 0.4) is 0 Å². The number of hydrogen-bond donors (Lipinski definition) is 2. The van der Waals surface area contributed by atoms with Gasteiger partial charge in [0.05, 0.1) is 12.1 Å². The second-order valence-corrected chi connectivity index (χ2v) is 5.03. The fourth-order valence-corrected chi connectivity index (χ4v) is 2.55. The zero-order valence-electron chi connectivity index (χ0n) is 11.0. The fraction of sp³-hybridized carbons (Fsp3) is 0.500. The number of nitrogens with zero attached hydrogens (tertiary/aromatic N) is 1. The van der Waals surface area contributed by atoms with E-state index in [0.29, 0.717) is 0 Å². The molecule has 3 unspecified atom stereocenters. The minimum absolute atomic E-state index is 0.0729. The van der Waals surface area contributed by atoms with Gasteiger partial charge >= 0.3 is 0 Å². The van der Waals surface area contributed by atoms with E-state index in [1.54, 1.807) is 6.92 Å². The summed E-state index contributed by atoms with van der Waals surface area (Å²) in [5.41, 5.74) is 6.85. The van der Waals surface area contributed by atoms with Gasteiger partial charge in [0.2, 0.25) is 5.91 Å². The summed E-state index contributed by atoms with van der Waals surface area (Å²) in [6, 6.07) is 10.2. The molecule has 0 saturated carbocycles. The number of hydrogen-bond acceptors (Lipinski definition) is 3. The standard InChI is InChI=1S/C14H21N3O/c1-10(15)14(18)16-12-8-9-17(2)13(12)11-6-4-3-5-7-11/h3-7,10,12-13H,8-9,15H2,1-2H3,(H,16,18). The van der Waals surface area contributed by atoms with Gasteiger partial charge in [-0.15, -0.1) is 0 Å². The fourth-order valence-electron chi connectivity index (χ4n) is 2.55. The third kappa shape index (κ3) is 2.71. The lowest BCUT2D eigenvalue weighted by Gasteiger charge is -2.26. The Hall–Kier alpha value is -1.39. The third-order valence-corrected chi connectivity index (χ3v) is 3.53. The molecule has 1 aromatic rings. The molecule has 98 valence electrons. The Labute approximate surface area is 108 Å². The summed E-state index contributed by atoms with van der Waals surface area (Å²) in [7, 11) is 2.09. The van der Waals surface area contributed by atoms with Crippen LogP contribution in [0.2, 0.25) is 0 Å². The van der Waals surface area contributed by atoms with Crippen LogP contribution in [0.15, 0.2) is 30.3 Å². The third-order valence-electron chi connectivity index (χ3n) is 3.53. The predicted octanol–water partition coefficient (Wildman–Crippen LogP) is 0.895. The van der Waals surface area contributed by atoms with Crippen molar-refractivity contribution < 1.29 is 4.79 Å². The van der Waals surface area contributed by atoms with Crippen molar-refractivity contribution in [2.45, 2.75) is 31.5 Å². The van der Waals surface area contributed by atoms with Crippen LogP contribution in [-0.2, 0) is 4.79 Å². The molecule has 4 heteroatoms. The summed E-state index contributed by atoms with van der Waals surface area (Å²) < 4.78 is 0. The van der Waals surface area contributed by atoms with Crippen molar-refractivity contribution in [1.29, 1.82) is 0 Å². The molecular formula is C14H21N3O. The minimum atomic E-state index is -0.452. The number of amides is 1. The van der Waals surface area contributed by atoms with Gasteiger partial charge in [-0.1, -0.05) is 30.3 Å². The molecule has 1 amide bonds. The molecule has 1 saturated heterocycles. The van der Waals surface area contributed by atoms with Crippen LogP contribution in [0.25, 0.3) is 0 Å². The smallest absolute Gasteiger partial charge is 0.236 e. The quantitative estimate of drug-likeness (QED) is 0.834. The van der Waals surface area contributed by atoms with Crippen molar-refractivity contribution >= 4 is 5.91 Å². The van der Waals surface area contributed by atoms with Gasteiger partial charge in [0.1, 0.15) is 0 Å². The molecule has 1 heterocycles. The van der Waals surface area contributed by atoms with Crippen LogP contribution in [0.5, 0.6) is 0 Å². The molecule has 2 rings (SSSR count). The first kappa shape index (κ1) is 13.1. The van der Waals surface area contributed by atoms with E-state index in [-0.39, 0.29) is 18.0 Å². The average molecular weight is 247 g/mol. The van der Waals surface area contributed by atoms with Crippen molar-refractivity contribution in [3.63, 3.8) is 0 Å². The lowest BCUT2D eigenvalue weighted by molar-refractivity contribution is -0.122. The number of likely N-dealkylation sites (tertiary alicyclic amines) is 1. The molecule has 0 bridgehead atoms. The van der Waals surface area contributed by atoms with Crippen molar-refractivity contribution in [2.75, 3.05) is 13.6 Å². The number of benzene rings is 1. The first-order chi connectivity index (χ1) is 8.59. The number of carbonyl (C=O) groups is 1. The molecule has 1 aliphatic rings. The molecule has 0 spiro atoms. The zero-order valence-corrected chi connectivity index (χ0v) is 11.0. The SMILES string of the molecule is CC(N)C(=O)NC1CCN(C)C1c1ccccc1. The Morgan fingerprint density at radius 1 is 1.44 bits per heavy atom. The lowest BCUT2D eigenvalue weighted by Crippen LogP contribution is -2.45. The van der Waals surface area contributed by atoms with Crippen LogP contribution in [-0.4, -0.2) is 36.5 Å². The molecule has 18 heavy (non-hydrogen) atoms. The van der Waals surface area contributed by atoms with Crippen LogP contribution in [0, 0.1) is 0 Å². The molecule has 0 aromatic heterocycles. The largest absolute Gasteiger partial charge is 0.350 e. The summed E-state index contributed by atoms with van der Waals surface area (Å²) in [4.78, 5) is 14.0. The summed E-state index contributed by atoms with van der Waals surface area (Å²) >= 11 is 0. The van der Waals surface area contributed by atoms with E-state index in [0.717, 1.165) is 13.0 Å². The number of rotatable bonds is 3. The number of nitrogens with one attached hydrogen (secondary N) is 1. The van der Waals surface area contributed by atoms with Crippen LogP contribution < -0.4 is 11.1 Å². The summed E-state index contributed by atoms with van der Waals surface area (Å²) in [5, 5.41) is 3.05. The topological polar surface area (TPSA) is 58.4 Å². The van der Waals surface area contributed by atoms with Gasteiger partial charge in [-0.2, -0.15) is 0 Å². The maximum Gasteiger partial charge on any atom is 0.236 e. The molecule has 1 aliphatic heterocycles. The van der Waals surface area contributed by atoms with Gasteiger partial charge in [0.15, 0.2) is 0 Å². The molecule has 4 nitrogen and oxygen atoms in total. The van der Waals surface area contributed by atoms with Crippen LogP contribution in [0.1, 0.15) is 24.9 Å². The summed E-state index contributed by atoms with van der Waals surface area (Å²) in [6.07, 6.45) is 0.967. The van der Waals surface area contributed by atoms with Crippen LogP contribution in [0.4, 0.5) is 0 Å². The monoisotopic (exact) mass is 247 g/mol. The number of nitrogens with two attached hydrogens (primary N) is 1. The Morgan fingerprint density at radius 3 is 2.72 bits per heavy atom. The van der Waals surface area contributed by atoms with Crippen molar-refractivity contribution in [2.24, 2.45) is 5.73 Å². The van der Waals surface area contributed by atoms with Gasteiger partial charge in [-0.05, 0) is 26.0 Å². The van der Waals surface area contributed by atoms with E-state index >= 15 is 0 Å². The number of carbonyl (C=O) groups excluding carboxylic acids is 1. The Balaban J connectivity index is 2.13. The second kappa shape index (κ2) is 5.50. The van der Waals surface area contributed by atoms with Crippen molar-refractivity contribution in [1.82, 2.24) is 10.2 Å². The van der Waals surface area contributed by atoms with Gasteiger partial charge in [0.25, 0.3) is 0 Å². The number of likely N-dealkylation sites (N-methyl/N-ethyl adjacent to an activating group) is 1. The predicted molar refractivity (Wildman–Crippen MR) is 72.0 cm³/mol. The Kier molecular flexibility index (Phi) is 3.99. The van der Waals surface area contributed by atoms with Crippen molar-refractivity contribution in [3.8, 4) is 0 Å². The highest BCUT2D eigenvalue weighted by atomic mass is 16.2. The highest BCUT2D eigenvalue weighted by molar-refractivity contribution is 5.81. The maximum atomic E-state index is 11.7. The first-order valence-corrected chi connectivity index (χ1v) is 6.40. The summed E-state index contributed by atoms with van der Waals surface area (Å²) in [5.74, 6) is -0.0729. The normalized spacial score (nSPS) is 25.9. The van der Waals surface area contributed by atoms with Gasteiger partial charge in [-0.25, -0.2) is 0 Å². The van der Waals surface area contributed by atoms with E-state index in [1.165, 1.54) is 5.56 Å². The highest BCUT2D eigenvalue weighted by Crippen LogP contribution is 2.30. The molecule has 0 radical (unpaired) electrons.